The second kappa shape index (κ2) is 9.31. The molecule has 0 saturated carbocycles. The maximum absolute atomic E-state index is 15.6. The van der Waals surface area contributed by atoms with E-state index in [0.29, 0.717) is 42.7 Å². The first-order chi connectivity index (χ1) is 19.3. The Morgan fingerprint density at radius 2 is 1.98 bits per heavy atom. The molecular formula is C31H31FN4O4. The van der Waals surface area contributed by atoms with Crippen LogP contribution in [0.2, 0.25) is 0 Å². The first-order valence-electron chi connectivity index (χ1n) is 13.8. The second-order valence-corrected chi connectivity index (χ2v) is 11.4. The number of nitrogens with one attached hydrogen (secondary N) is 2. The summed E-state index contributed by atoms with van der Waals surface area (Å²) in [6, 6.07) is 13.3. The molecule has 3 aliphatic heterocycles. The number of likely N-dealkylation sites (tertiary alicyclic amines) is 1. The van der Waals surface area contributed by atoms with Gasteiger partial charge in [0.2, 0.25) is 5.43 Å². The van der Waals surface area contributed by atoms with Gasteiger partial charge in [0.05, 0.1) is 17.7 Å². The van der Waals surface area contributed by atoms with E-state index >= 15 is 4.39 Å². The molecular weight excluding hydrogens is 511 g/mol. The predicted molar refractivity (Wildman–Crippen MR) is 153 cm³/mol. The number of amides is 1. The van der Waals surface area contributed by atoms with Crippen molar-refractivity contribution in [1.29, 1.82) is 0 Å². The Labute approximate surface area is 230 Å². The monoisotopic (exact) mass is 542 g/mol. The van der Waals surface area contributed by atoms with Crippen LogP contribution < -0.4 is 20.8 Å². The standard InChI is InChI=1S/C31H31FN4O4/c1-31(17-39-31)16-34-26-23(32)14-21-27-29(26)40-25-13-19-7-4-3-6-18(19)12-24(25)36(27)15-22(28(21)37)30(38)33-10-9-20-8-5-11-35(20)2/h3-4,6-7,12-15,20,34H,5,8-11,16-17H2,1-2H3,(H,33,38). The molecule has 0 spiro atoms. The van der Waals surface area contributed by atoms with E-state index in [1.165, 1.54) is 6.07 Å². The van der Waals surface area contributed by atoms with Gasteiger partial charge in [-0.25, -0.2) is 4.39 Å². The lowest BCUT2D eigenvalue weighted by Crippen LogP contribution is -2.34. The van der Waals surface area contributed by atoms with Crippen molar-refractivity contribution in [1.82, 2.24) is 14.8 Å². The molecule has 1 amide bonds. The van der Waals surface area contributed by atoms with E-state index < -0.39 is 17.2 Å². The summed E-state index contributed by atoms with van der Waals surface area (Å²) in [6.45, 7) is 4.43. The third-order valence-electron chi connectivity index (χ3n) is 8.45. The number of ether oxygens (including phenoxy) is 2. The van der Waals surface area contributed by atoms with Gasteiger partial charge in [0.15, 0.2) is 17.3 Å². The number of anilines is 1. The Kier molecular flexibility index (Phi) is 5.83. The molecule has 7 rings (SSSR count). The van der Waals surface area contributed by atoms with Crippen molar-refractivity contribution < 1.29 is 18.7 Å². The zero-order chi connectivity index (χ0) is 27.6. The molecule has 2 fully saturated rings. The number of carbonyl (C=O) groups is 1. The Bertz CT molecular complexity index is 1750. The molecule has 2 saturated heterocycles. The summed E-state index contributed by atoms with van der Waals surface area (Å²) in [5.74, 6) is -0.362. The SMILES string of the molecule is CN1CCCC1CCNC(=O)c1cn2c3c(c(NCC4(C)CO4)c(F)cc3c1=O)Oc1cc3ccccc3cc1-2. The van der Waals surface area contributed by atoms with Gasteiger partial charge in [-0.15, -0.1) is 0 Å². The number of hydrogen-bond donors (Lipinski definition) is 2. The lowest BCUT2D eigenvalue weighted by Gasteiger charge is -2.27. The number of rotatable bonds is 7. The molecule has 2 atom stereocenters. The number of benzene rings is 3. The number of aromatic nitrogens is 1. The Morgan fingerprint density at radius 1 is 1.20 bits per heavy atom. The van der Waals surface area contributed by atoms with Gasteiger partial charge in [0.25, 0.3) is 5.91 Å². The highest BCUT2D eigenvalue weighted by atomic mass is 19.1. The third kappa shape index (κ3) is 4.20. The van der Waals surface area contributed by atoms with Crippen molar-refractivity contribution in [2.45, 2.75) is 37.8 Å². The zero-order valence-electron chi connectivity index (χ0n) is 22.6. The molecule has 1 aromatic heterocycles. The summed E-state index contributed by atoms with van der Waals surface area (Å²) in [5.41, 5.74) is 0.327. The molecule has 3 aromatic carbocycles. The summed E-state index contributed by atoms with van der Waals surface area (Å²) in [4.78, 5) is 29.3. The summed E-state index contributed by atoms with van der Waals surface area (Å²) in [5, 5.41) is 8.11. The van der Waals surface area contributed by atoms with Gasteiger partial charge < -0.3 is 29.6 Å². The molecule has 0 aliphatic carbocycles. The van der Waals surface area contributed by atoms with Crippen LogP contribution in [0.5, 0.6) is 11.5 Å². The average Bonchev–Trinajstić information content (AvgIpc) is 3.54. The first-order valence-corrected chi connectivity index (χ1v) is 13.8. The smallest absolute Gasteiger partial charge is 0.256 e. The van der Waals surface area contributed by atoms with Crippen LogP contribution in [0.15, 0.2) is 53.5 Å². The van der Waals surface area contributed by atoms with E-state index in [-0.39, 0.29) is 28.0 Å². The van der Waals surface area contributed by atoms with Gasteiger partial charge in [-0.2, -0.15) is 0 Å². The molecule has 4 aromatic rings. The van der Waals surface area contributed by atoms with E-state index in [1.807, 2.05) is 43.3 Å². The molecule has 2 N–H and O–H groups in total. The molecule has 8 nitrogen and oxygen atoms in total. The number of epoxide rings is 1. The van der Waals surface area contributed by atoms with Crippen molar-refractivity contribution in [2.75, 3.05) is 38.6 Å². The number of carbonyl (C=O) groups excluding carboxylic acids is 1. The Hall–Kier alpha value is -3.95. The van der Waals surface area contributed by atoms with E-state index in [9.17, 15) is 9.59 Å². The molecule has 2 unspecified atom stereocenters. The minimum absolute atomic E-state index is 0.0294. The minimum atomic E-state index is -0.624. The highest BCUT2D eigenvalue weighted by Crippen LogP contribution is 2.46. The van der Waals surface area contributed by atoms with Gasteiger partial charge in [0.1, 0.15) is 22.4 Å². The topological polar surface area (TPSA) is 88.1 Å². The van der Waals surface area contributed by atoms with Crippen LogP contribution in [0.1, 0.15) is 36.5 Å². The largest absolute Gasteiger partial charge is 0.451 e. The van der Waals surface area contributed by atoms with Crippen molar-refractivity contribution in [3.8, 4) is 17.2 Å². The van der Waals surface area contributed by atoms with Gasteiger partial charge in [-0.05, 0) is 68.8 Å². The average molecular weight is 543 g/mol. The van der Waals surface area contributed by atoms with Crippen molar-refractivity contribution in [2.24, 2.45) is 0 Å². The number of hydrogen-bond acceptors (Lipinski definition) is 6. The Balaban J connectivity index is 1.34. The predicted octanol–water partition coefficient (Wildman–Crippen LogP) is 4.80. The zero-order valence-corrected chi connectivity index (χ0v) is 22.6. The second-order valence-electron chi connectivity index (χ2n) is 11.4. The van der Waals surface area contributed by atoms with Crippen molar-refractivity contribution >= 4 is 33.3 Å². The van der Waals surface area contributed by atoms with E-state index in [0.717, 1.165) is 36.6 Å². The fourth-order valence-corrected chi connectivity index (χ4v) is 5.92. The van der Waals surface area contributed by atoms with Crippen LogP contribution in [-0.4, -0.2) is 60.3 Å². The molecule has 206 valence electrons. The van der Waals surface area contributed by atoms with Crippen LogP contribution in [0.25, 0.3) is 27.4 Å². The summed E-state index contributed by atoms with van der Waals surface area (Å²) < 4.78 is 29.2. The van der Waals surface area contributed by atoms with E-state index in [1.54, 1.807) is 10.8 Å². The maximum Gasteiger partial charge on any atom is 0.256 e. The van der Waals surface area contributed by atoms with Gasteiger partial charge in [-0.3, -0.25) is 9.59 Å². The highest BCUT2D eigenvalue weighted by Gasteiger charge is 2.40. The van der Waals surface area contributed by atoms with Crippen molar-refractivity contribution in [3.63, 3.8) is 0 Å². The fraction of sp³-hybridized carbons (Fsp3) is 0.355. The molecule has 3 aliphatic rings. The van der Waals surface area contributed by atoms with Gasteiger partial charge in [-0.1, -0.05) is 24.3 Å². The summed E-state index contributed by atoms with van der Waals surface area (Å²) >= 11 is 0. The highest BCUT2D eigenvalue weighted by molar-refractivity contribution is 6.02. The summed E-state index contributed by atoms with van der Waals surface area (Å²) in [6.07, 6.45) is 4.62. The maximum atomic E-state index is 15.6. The number of halogens is 1. The van der Waals surface area contributed by atoms with Crippen LogP contribution in [0.4, 0.5) is 10.1 Å². The number of nitrogens with zero attached hydrogens (tertiary/aromatic N) is 2. The molecule has 4 heterocycles. The molecule has 0 bridgehead atoms. The van der Waals surface area contributed by atoms with Crippen LogP contribution >= 0.6 is 0 Å². The minimum Gasteiger partial charge on any atom is -0.451 e. The molecule has 9 heteroatoms. The normalized spacial score (nSPS) is 21.3. The number of pyridine rings is 1. The summed E-state index contributed by atoms with van der Waals surface area (Å²) in [7, 11) is 2.09. The lowest BCUT2D eigenvalue weighted by atomic mass is 10.0. The fourth-order valence-electron chi connectivity index (χ4n) is 5.92. The number of fused-ring (bicyclic) bond motifs is 3. The van der Waals surface area contributed by atoms with Gasteiger partial charge >= 0.3 is 0 Å². The van der Waals surface area contributed by atoms with Crippen molar-refractivity contribution in [3.05, 3.63) is 70.3 Å². The molecule has 40 heavy (non-hydrogen) atoms. The quantitative estimate of drug-likeness (QED) is 0.287. The first kappa shape index (κ1) is 25.0. The Morgan fingerprint density at radius 3 is 2.70 bits per heavy atom. The van der Waals surface area contributed by atoms with Crippen LogP contribution in [0, 0.1) is 5.82 Å². The van der Waals surface area contributed by atoms with E-state index in [4.69, 9.17) is 9.47 Å². The lowest BCUT2D eigenvalue weighted by molar-refractivity contribution is 0.0949. The van der Waals surface area contributed by atoms with Gasteiger partial charge in [0, 0.05) is 25.3 Å². The van der Waals surface area contributed by atoms with E-state index in [2.05, 4.69) is 22.6 Å². The van der Waals surface area contributed by atoms with Crippen LogP contribution in [-0.2, 0) is 4.74 Å². The third-order valence-corrected chi connectivity index (χ3v) is 8.45. The van der Waals surface area contributed by atoms with Crippen LogP contribution in [0.3, 0.4) is 0 Å². The molecule has 0 radical (unpaired) electrons.